The summed E-state index contributed by atoms with van der Waals surface area (Å²) in [7, 11) is 0. The van der Waals surface area contributed by atoms with Gasteiger partial charge in [-0.1, -0.05) is 18.6 Å². The fourth-order valence-electron chi connectivity index (χ4n) is 2.10. The maximum Gasteiger partial charge on any atom is 0.223 e. The number of rotatable bonds is 0. The van der Waals surface area contributed by atoms with Gasteiger partial charge in [0.25, 0.3) is 0 Å². The Morgan fingerprint density at radius 2 is 2.25 bits per heavy atom. The van der Waals surface area contributed by atoms with E-state index in [9.17, 15) is 4.79 Å². The Labute approximate surface area is 73.2 Å². The molecule has 1 fully saturated rings. The molecule has 2 aliphatic heterocycles. The van der Waals surface area contributed by atoms with Crippen molar-refractivity contribution in [1.29, 1.82) is 0 Å². The Morgan fingerprint density at radius 3 is 3.17 bits per heavy atom. The number of hydrogen-bond acceptors (Lipinski definition) is 1. The van der Waals surface area contributed by atoms with Gasteiger partial charge in [-0.3, -0.25) is 4.79 Å². The van der Waals surface area contributed by atoms with E-state index in [1.807, 2.05) is 4.90 Å². The van der Waals surface area contributed by atoms with Crippen LogP contribution in [0.25, 0.3) is 0 Å². The summed E-state index contributed by atoms with van der Waals surface area (Å²) in [6.07, 6.45) is 9.68. The minimum atomic E-state index is 0.363. The third-order valence-corrected chi connectivity index (χ3v) is 2.82. The summed E-state index contributed by atoms with van der Waals surface area (Å²) < 4.78 is 0. The van der Waals surface area contributed by atoms with Crippen LogP contribution in [0, 0.1) is 0 Å². The number of fused-ring (bicyclic) bond motifs is 1. The summed E-state index contributed by atoms with van der Waals surface area (Å²) in [5, 5.41) is 0. The van der Waals surface area contributed by atoms with E-state index >= 15 is 0 Å². The maximum absolute atomic E-state index is 11.5. The van der Waals surface area contributed by atoms with Crippen LogP contribution < -0.4 is 0 Å². The standard InChI is InChI=1S/C10H15NO/c12-10-7-2-1-5-9-6-3-4-8-11(9)10/h3-4,9H,1-2,5-8H2. The molecule has 0 bridgehead atoms. The average molecular weight is 165 g/mol. The molecule has 0 aromatic rings. The molecule has 2 heteroatoms. The zero-order valence-corrected chi connectivity index (χ0v) is 7.33. The van der Waals surface area contributed by atoms with Crippen LogP contribution in [-0.4, -0.2) is 23.4 Å². The molecule has 2 nitrogen and oxygen atoms in total. The van der Waals surface area contributed by atoms with Crippen molar-refractivity contribution in [2.24, 2.45) is 0 Å². The number of carbonyl (C=O) groups is 1. The van der Waals surface area contributed by atoms with Crippen molar-refractivity contribution in [2.75, 3.05) is 6.54 Å². The number of amides is 1. The van der Waals surface area contributed by atoms with Crippen LogP contribution in [0.4, 0.5) is 0 Å². The Hall–Kier alpha value is -0.790. The van der Waals surface area contributed by atoms with Crippen LogP contribution in [0.3, 0.4) is 0 Å². The molecule has 1 amide bonds. The van der Waals surface area contributed by atoms with Crippen molar-refractivity contribution in [3.63, 3.8) is 0 Å². The van der Waals surface area contributed by atoms with Gasteiger partial charge < -0.3 is 4.90 Å². The van der Waals surface area contributed by atoms with Gasteiger partial charge in [-0.15, -0.1) is 0 Å². The normalized spacial score (nSPS) is 29.8. The number of hydrogen-bond donors (Lipinski definition) is 0. The second-order valence-corrected chi connectivity index (χ2v) is 3.65. The molecule has 1 atom stereocenters. The van der Waals surface area contributed by atoms with Gasteiger partial charge in [-0.25, -0.2) is 0 Å². The third-order valence-electron chi connectivity index (χ3n) is 2.82. The van der Waals surface area contributed by atoms with Gasteiger partial charge in [-0.2, -0.15) is 0 Å². The lowest BCUT2D eigenvalue weighted by Gasteiger charge is -2.31. The lowest BCUT2D eigenvalue weighted by molar-refractivity contribution is -0.132. The predicted octanol–water partition coefficient (Wildman–Crippen LogP) is 1.72. The molecule has 0 aliphatic carbocycles. The molecule has 66 valence electrons. The molecule has 1 unspecified atom stereocenters. The van der Waals surface area contributed by atoms with Gasteiger partial charge in [0.15, 0.2) is 0 Å². The fraction of sp³-hybridized carbons (Fsp3) is 0.700. The topological polar surface area (TPSA) is 20.3 Å². The van der Waals surface area contributed by atoms with Crippen molar-refractivity contribution in [3.05, 3.63) is 12.2 Å². The van der Waals surface area contributed by atoms with Crippen molar-refractivity contribution >= 4 is 5.91 Å². The molecule has 12 heavy (non-hydrogen) atoms. The largest absolute Gasteiger partial charge is 0.336 e. The third kappa shape index (κ3) is 1.38. The zero-order chi connectivity index (χ0) is 8.39. The van der Waals surface area contributed by atoms with Gasteiger partial charge in [0.05, 0.1) is 0 Å². The first-order chi connectivity index (χ1) is 5.88. The lowest BCUT2D eigenvalue weighted by Crippen LogP contribution is -2.40. The molecule has 0 N–H and O–H groups in total. The van der Waals surface area contributed by atoms with Crippen LogP contribution in [-0.2, 0) is 4.79 Å². The van der Waals surface area contributed by atoms with E-state index in [1.165, 1.54) is 12.8 Å². The van der Waals surface area contributed by atoms with Crippen LogP contribution in [0.15, 0.2) is 12.2 Å². The Kier molecular flexibility index (Phi) is 2.15. The van der Waals surface area contributed by atoms with E-state index in [-0.39, 0.29) is 0 Å². The second kappa shape index (κ2) is 3.30. The molecule has 1 saturated heterocycles. The fourth-order valence-corrected chi connectivity index (χ4v) is 2.10. The van der Waals surface area contributed by atoms with Gasteiger partial charge in [0, 0.05) is 19.0 Å². The molecule has 0 spiro atoms. The van der Waals surface area contributed by atoms with Gasteiger partial charge in [-0.05, 0) is 19.3 Å². The van der Waals surface area contributed by atoms with E-state index in [0.717, 1.165) is 25.8 Å². The highest BCUT2D eigenvalue weighted by molar-refractivity contribution is 5.77. The maximum atomic E-state index is 11.5. The number of carbonyl (C=O) groups excluding carboxylic acids is 1. The highest BCUT2D eigenvalue weighted by Crippen LogP contribution is 2.22. The van der Waals surface area contributed by atoms with Gasteiger partial charge in [0.2, 0.25) is 5.91 Å². The lowest BCUT2D eigenvalue weighted by atomic mass is 10.0. The van der Waals surface area contributed by atoms with E-state index < -0.39 is 0 Å². The molecule has 0 aromatic heterocycles. The highest BCUT2D eigenvalue weighted by atomic mass is 16.2. The van der Waals surface area contributed by atoms with Gasteiger partial charge >= 0.3 is 0 Å². The van der Waals surface area contributed by atoms with Crippen molar-refractivity contribution < 1.29 is 4.79 Å². The van der Waals surface area contributed by atoms with E-state index in [1.54, 1.807) is 0 Å². The van der Waals surface area contributed by atoms with Crippen molar-refractivity contribution in [1.82, 2.24) is 4.90 Å². The van der Waals surface area contributed by atoms with Crippen LogP contribution in [0.5, 0.6) is 0 Å². The minimum absolute atomic E-state index is 0.363. The smallest absolute Gasteiger partial charge is 0.223 e. The molecule has 0 aromatic carbocycles. The van der Waals surface area contributed by atoms with Crippen LogP contribution >= 0.6 is 0 Å². The average Bonchev–Trinajstić information content (AvgIpc) is 2.29. The van der Waals surface area contributed by atoms with E-state index in [2.05, 4.69) is 12.2 Å². The Bertz CT molecular complexity index is 210. The summed E-state index contributed by atoms with van der Waals surface area (Å²) >= 11 is 0. The van der Waals surface area contributed by atoms with Crippen molar-refractivity contribution in [3.8, 4) is 0 Å². The molecular formula is C10H15NO. The molecule has 2 aliphatic rings. The highest BCUT2D eigenvalue weighted by Gasteiger charge is 2.25. The summed E-state index contributed by atoms with van der Waals surface area (Å²) in [5.74, 6) is 0.363. The second-order valence-electron chi connectivity index (χ2n) is 3.65. The predicted molar refractivity (Wildman–Crippen MR) is 47.7 cm³/mol. The summed E-state index contributed by atoms with van der Waals surface area (Å²) in [6.45, 7) is 0.851. The first-order valence-electron chi connectivity index (χ1n) is 4.82. The van der Waals surface area contributed by atoms with E-state index in [0.29, 0.717) is 11.9 Å². The van der Waals surface area contributed by atoms with Crippen molar-refractivity contribution in [2.45, 2.75) is 38.1 Å². The molecule has 0 saturated carbocycles. The zero-order valence-electron chi connectivity index (χ0n) is 7.33. The first-order valence-corrected chi connectivity index (χ1v) is 4.82. The Balaban J connectivity index is 2.13. The molecule has 2 rings (SSSR count). The van der Waals surface area contributed by atoms with Gasteiger partial charge in [0.1, 0.15) is 0 Å². The quantitative estimate of drug-likeness (QED) is 0.500. The van der Waals surface area contributed by atoms with E-state index in [4.69, 9.17) is 0 Å². The first kappa shape index (κ1) is 7.84. The van der Waals surface area contributed by atoms with Crippen LogP contribution in [0.2, 0.25) is 0 Å². The summed E-state index contributed by atoms with van der Waals surface area (Å²) in [4.78, 5) is 13.6. The minimum Gasteiger partial charge on any atom is -0.336 e. The monoisotopic (exact) mass is 165 g/mol. The summed E-state index contributed by atoms with van der Waals surface area (Å²) in [6, 6.07) is 0.519. The Morgan fingerprint density at radius 1 is 1.33 bits per heavy atom. The molecule has 0 radical (unpaired) electrons. The molecule has 2 heterocycles. The number of nitrogens with zero attached hydrogens (tertiary/aromatic N) is 1. The SMILES string of the molecule is O=C1CCCCC2CC=CCN12. The van der Waals surface area contributed by atoms with Crippen LogP contribution in [0.1, 0.15) is 32.1 Å². The summed E-state index contributed by atoms with van der Waals surface area (Å²) in [5.41, 5.74) is 0. The molecular weight excluding hydrogens is 150 g/mol.